The normalized spacial score (nSPS) is 10.7. The third-order valence-electron chi connectivity index (χ3n) is 4.04. The average molecular weight is 468 g/mol. The Labute approximate surface area is 178 Å². The number of hydrogen-bond acceptors (Lipinski definition) is 7. The number of non-ortho nitro benzene ring substituents is 1. The van der Waals surface area contributed by atoms with Crippen molar-refractivity contribution in [1.29, 1.82) is 0 Å². The van der Waals surface area contributed by atoms with Gasteiger partial charge in [0.2, 0.25) is 0 Å². The fourth-order valence-corrected chi connectivity index (χ4v) is 3.04. The molecular weight excluding hydrogens is 442 g/mol. The summed E-state index contributed by atoms with van der Waals surface area (Å²) in [5, 5.41) is 26.0. The lowest BCUT2D eigenvalue weighted by Gasteiger charge is -2.15. The van der Waals surface area contributed by atoms with Gasteiger partial charge in [-0.05, 0) is 42.3 Å². The van der Waals surface area contributed by atoms with E-state index >= 15 is 0 Å². The second-order valence-electron chi connectivity index (χ2n) is 6.19. The van der Waals surface area contributed by atoms with Crippen molar-refractivity contribution < 1.29 is 19.5 Å². The molecule has 0 aliphatic carbocycles. The van der Waals surface area contributed by atoms with Gasteiger partial charge in [-0.25, -0.2) is 0 Å². The van der Waals surface area contributed by atoms with Crippen LogP contribution in [0.15, 0.2) is 40.9 Å². The fraction of sp³-hybridized carbons (Fsp3) is 0.400. The maximum Gasteiger partial charge on any atom is 0.269 e. The van der Waals surface area contributed by atoms with Crippen molar-refractivity contribution in [3.05, 3.63) is 62.1 Å². The smallest absolute Gasteiger partial charge is 0.269 e. The summed E-state index contributed by atoms with van der Waals surface area (Å²) in [5.74, 6) is 1.25. The van der Waals surface area contributed by atoms with Crippen LogP contribution in [0.25, 0.3) is 0 Å². The molecule has 2 rings (SSSR count). The molecule has 0 aromatic heterocycles. The van der Waals surface area contributed by atoms with Gasteiger partial charge in [-0.15, -0.1) is 0 Å². The Bertz CT molecular complexity index is 786. The largest absolute Gasteiger partial charge is 0.490 e. The summed E-state index contributed by atoms with van der Waals surface area (Å²) in [5.41, 5.74) is 1.92. The fourth-order valence-electron chi connectivity index (χ4n) is 2.57. The third kappa shape index (κ3) is 7.62. The standard InChI is InChI=1S/C20H26BrN3O5/c1-2-28-19-11-16(13-23-8-7-22-9-10-25)18(21)12-20(19)29-14-15-3-5-17(6-4-15)24(26)27/h3-6,11-12,22-23,25H,2,7-10,13-14H2,1H3. The predicted molar refractivity (Wildman–Crippen MR) is 114 cm³/mol. The van der Waals surface area contributed by atoms with Crippen LogP contribution in [0.2, 0.25) is 0 Å². The Morgan fingerprint density at radius 1 is 1.07 bits per heavy atom. The summed E-state index contributed by atoms with van der Waals surface area (Å²) in [6, 6.07) is 10.1. The van der Waals surface area contributed by atoms with Gasteiger partial charge in [0, 0.05) is 42.8 Å². The highest BCUT2D eigenvalue weighted by atomic mass is 79.9. The molecule has 2 aromatic carbocycles. The maximum absolute atomic E-state index is 10.8. The molecule has 158 valence electrons. The first-order valence-corrected chi connectivity index (χ1v) is 10.2. The summed E-state index contributed by atoms with van der Waals surface area (Å²) >= 11 is 3.58. The monoisotopic (exact) mass is 467 g/mol. The number of nitro groups is 1. The van der Waals surface area contributed by atoms with Crippen molar-refractivity contribution >= 4 is 21.6 Å². The number of aliphatic hydroxyl groups excluding tert-OH is 1. The summed E-state index contributed by atoms with van der Waals surface area (Å²) in [6.45, 7) is 5.61. The molecule has 0 unspecified atom stereocenters. The van der Waals surface area contributed by atoms with E-state index in [2.05, 4.69) is 26.6 Å². The van der Waals surface area contributed by atoms with E-state index in [0.717, 1.165) is 28.7 Å². The minimum Gasteiger partial charge on any atom is -0.490 e. The van der Waals surface area contributed by atoms with Crippen LogP contribution in [-0.4, -0.2) is 42.9 Å². The van der Waals surface area contributed by atoms with Crippen LogP contribution < -0.4 is 20.1 Å². The number of halogens is 1. The number of aliphatic hydroxyl groups is 1. The summed E-state index contributed by atoms with van der Waals surface area (Å²) in [6.07, 6.45) is 0. The molecule has 3 N–H and O–H groups in total. The van der Waals surface area contributed by atoms with E-state index in [-0.39, 0.29) is 18.9 Å². The van der Waals surface area contributed by atoms with E-state index in [0.29, 0.717) is 31.2 Å². The number of hydrogen-bond donors (Lipinski definition) is 3. The molecule has 0 aliphatic rings. The van der Waals surface area contributed by atoms with Gasteiger partial charge in [-0.2, -0.15) is 0 Å². The van der Waals surface area contributed by atoms with E-state index in [4.69, 9.17) is 14.6 Å². The SMILES string of the molecule is CCOc1cc(CNCCNCCO)c(Br)cc1OCc1ccc([N+](=O)[O-])cc1. The first kappa shape index (κ1) is 23.1. The second kappa shape index (κ2) is 12.4. The molecule has 0 aliphatic heterocycles. The molecule has 0 radical (unpaired) electrons. The highest BCUT2D eigenvalue weighted by Crippen LogP contribution is 2.34. The Balaban J connectivity index is 1.99. The molecular formula is C20H26BrN3O5. The zero-order chi connectivity index (χ0) is 21.1. The van der Waals surface area contributed by atoms with Crippen molar-refractivity contribution in [2.45, 2.75) is 20.1 Å². The topological polar surface area (TPSA) is 106 Å². The van der Waals surface area contributed by atoms with E-state index in [1.54, 1.807) is 12.1 Å². The molecule has 0 amide bonds. The molecule has 0 heterocycles. The molecule has 0 atom stereocenters. The molecule has 8 nitrogen and oxygen atoms in total. The first-order chi connectivity index (χ1) is 14.0. The highest BCUT2D eigenvalue weighted by Gasteiger charge is 2.12. The van der Waals surface area contributed by atoms with Crippen molar-refractivity contribution in [2.75, 3.05) is 32.8 Å². The van der Waals surface area contributed by atoms with Gasteiger partial charge in [-0.3, -0.25) is 10.1 Å². The number of rotatable bonds is 13. The van der Waals surface area contributed by atoms with Crippen LogP contribution in [-0.2, 0) is 13.2 Å². The van der Waals surface area contributed by atoms with Gasteiger partial charge in [0.15, 0.2) is 11.5 Å². The lowest BCUT2D eigenvalue weighted by molar-refractivity contribution is -0.384. The van der Waals surface area contributed by atoms with E-state index in [9.17, 15) is 10.1 Å². The van der Waals surface area contributed by atoms with E-state index in [1.807, 2.05) is 19.1 Å². The Morgan fingerprint density at radius 3 is 2.41 bits per heavy atom. The molecule has 9 heteroatoms. The zero-order valence-electron chi connectivity index (χ0n) is 16.3. The number of nitro benzene ring substituents is 1. The van der Waals surface area contributed by atoms with Crippen LogP contribution in [0, 0.1) is 10.1 Å². The summed E-state index contributed by atoms with van der Waals surface area (Å²) in [7, 11) is 0. The molecule has 0 spiro atoms. The van der Waals surface area contributed by atoms with Crippen LogP contribution in [0.5, 0.6) is 11.5 Å². The van der Waals surface area contributed by atoms with E-state index < -0.39 is 4.92 Å². The van der Waals surface area contributed by atoms with Gasteiger partial charge in [0.1, 0.15) is 6.61 Å². The first-order valence-electron chi connectivity index (χ1n) is 9.38. The second-order valence-corrected chi connectivity index (χ2v) is 7.04. The van der Waals surface area contributed by atoms with Gasteiger partial charge in [0.05, 0.1) is 18.1 Å². The number of benzene rings is 2. The van der Waals surface area contributed by atoms with Crippen molar-refractivity contribution in [3.63, 3.8) is 0 Å². The molecule has 0 fully saturated rings. The van der Waals surface area contributed by atoms with Crippen molar-refractivity contribution in [1.82, 2.24) is 10.6 Å². The average Bonchev–Trinajstić information content (AvgIpc) is 2.71. The Hall–Kier alpha value is -2.20. The Kier molecular flexibility index (Phi) is 9.85. The van der Waals surface area contributed by atoms with Gasteiger partial charge >= 0.3 is 0 Å². The molecule has 0 saturated heterocycles. The zero-order valence-corrected chi connectivity index (χ0v) is 17.9. The van der Waals surface area contributed by atoms with Crippen molar-refractivity contribution in [3.8, 4) is 11.5 Å². The number of nitrogens with one attached hydrogen (secondary N) is 2. The van der Waals surface area contributed by atoms with Crippen molar-refractivity contribution in [2.24, 2.45) is 0 Å². The molecule has 0 bridgehead atoms. The molecule has 29 heavy (non-hydrogen) atoms. The minimum atomic E-state index is -0.426. The lowest BCUT2D eigenvalue weighted by Crippen LogP contribution is -2.28. The van der Waals surface area contributed by atoms with Gasteiger partial charge in [-0.1, -0.05) is 15.9 Å². The minimum absolute atomic E-state index is 0.0508. The predicted octanol–water partition coefficient (Wildman–Crippen LogP) is 3.01. The number of ether oxygens (including phenoxy) is 2. The van der Waals surface area contributed by atoms with E-state index in [1.165, 1.54) is 12.1 Å². The molecule has 0 saturated carbocycles. The van der Waals surface area contributed by atoms with Crippen LogP contribution in [0.3, 0.4) is 0 Å². The quantitative estimate of drug-likeness (QED) is 0.236. The summed E-state index contributed by atoms with van der Waals surface area (Å²) < 4.78 is 12.5. The third-order valence-corrected chi connectivity index (χ3v) is 4.77. The number of nitrogens with zero attached hydrogens (tertiary/aromatic N) is 1. The highest BCUT2D eigenvalue weighted by molar-refractivity contribution is 9.10. The Morgan fingerprint density at radius 2 is 1.76 bits per heavy atom. The van der Waals surface area contributed by atoms with Crippen LogP contribution in [0.1, 0.15) is 18.1 Å². The maximum atomic E-state index is 10.8. The van der Waals surface area contributed by atoms with Crippen LogP contribution in [0.4, 0.5) is 5.69 Å². The molecule has 2 aromatic rings. The van der Waals surface area contributed by atoms with Gasteiger partial charge in [0.25, 0.3) is 5.69 Å². The van der Waals surface area contributed by atoms with Gasteiger partial charge < -0.3 is 25.2 Å². The summed E-state index contributed by atoms with van der Waals surface area (Å²) in [4.78, 5) is 10.3. The lowest BCUT2D eigenvalue weighted by atomic mass is 10.2. The van der Waals surface area contributed by atoms with Crippen LogP contribution >= 0.6 is 15.9 Å².